The normalized spacial score (nSPS) is 15.3. The average Bonchev–Trinajstić information content (AvgIpc) is 3.10. The van der Waals surface area contributed by atoms with Crippen molar-refractivity contribution in [3.63, 3.8) is 0 Å². The summed E-state index contributed by atoms with van der Waals surface area (Å²) < 4.78 is 39.1. The van der Waals surface area contributed by atoms with E-state index in [2.05, 4.69) is 34.2 Å². The molecule has 0 aliphatic carbocycles. The zero-order valence-electron chi connectivity index (χ0n) is 16.5. The molecule has 0 saturated carbocycles. The van der Waals surface area contributed by atoms with Crippen molar-refractivity contribution in [2.75, 3.05) is 11.6 Å². The molecule has 0 aromatic carbocycles. The van der Waals surface area contributed by atoms with Gasteiger partial charge in [-0.25, -0.2) is 22.8 Å². The van der Waals surface area contributed by atoms with E-state index in [1.165, 1.54) is 18.5 Å². The highest BCUT2D eigenvalue weighted by atomic mass is 32.2. The third-order valence-corrected chi connectivity index (χ3v) is 5.67. The van der Waals surface area contributed by atoms with Gasteiger partial charge in [-0.05, 0) is 35.6 Å². The van der Waals surface area contributed by atoms with Gasteiger partial charge in [0.25, 0.3) is 0 Å². The summed E-state index contributed by atoms with van der Waals surface area (Å²) in [5.74, 6) is 0.355. The van der Waals surface area contributed by atoms with E-state index in [-0.39, 0.29) is 11.2 Å². The molecule has 0 spiro atoms. The molecule has 1 N–H and O–H groups in total. The summed E-state index contributed by atoms with van der Waals surface area (Å²) in [6.07, 6.45) is 6.43. The smallest absolute Gasteiger partial charge is 0.151 e. The third kappa shape index (κ3) is 4.29. The zero-order valence-corrected chi connectivity index (χ0v) is 17.3. The van der Waals surface area contributed by atoms with Crippen LogP contribution in [-0.4, -0.2) is 34.4 Å². The Morgan fingerprint density at radius 3 is 2.76 bits per heavy atom. The van der Waals surface area contributed by atoms with Gasteiger partial charge in [-0.15, -0.1) is 0 Å². The molecule has 3 aromatic heterocycles. The monoisotopic (exact) mass is 415 g/mol. The minimum absolute atomic E-state index is 0.0834. The molecule has 0 fully saturated rings. The largest absolute Gasteiger partial charge is 0.324 e. The predicted octanol–water partition coefficient (Wildman–Crippen LogP) is 3.35. The van der Waals surface area contributed by atoms with Crippen LogP contribution in [0, 0.1) is 11.2 Å². The second-order valence-corrected chi connectivity index (χ2v) is 10.4. The molecule has 4 rings (SSSR count). The maximum atomic E-state index is 14.0. The Balaban J connectivity index is 1.70. The van der Waals surface area contributed by atoms with E-state index < -0.39 is 15.7 Å². The van der Waals surface area contributed by atoms with Crippen molar-refractivity contribution in [1.82, 2.24) is 19.7 Å². The first-order chi connectivity index (χ1) is 13.6. The number of nitrogens with zero attached hydrogens (tertiary/aromatic N) is 4. The van der Waals surface area contributed by atoms with Gasteiger partial charge in [-0.2, -0.15) is 5.10 Å². The van der Waals surface area contributed by atoms with Crippen molar-refractivity contribution in [1.29, 1.82) is 0 Å². The zero-order chi connectivity index (χ0) is 20.8. The van der Waals surface area contributed by atoms with Gasteiger partial charge < -0.3 is 5.32 Å². The fraction of sp³-hybridized carbons (Fsp3) is 0.350. The lowest BCUT2D eigenvalue weighted by Gasteiger charge is -2.15. The summed E-state index contributed by atoms with van der Waals surface area (Å²) >= 11 is 0. The summed E-state index contributed by atoms with van der Waals surface area (Å²) in [5.41, 5.74) is 3.18. The first-order valence-corrected chi connectivity index (χ1v) is 11.3. The molecule has 1 aliphatic rings. The lowest BCUT2D eigenvalue weighted by atomic mass is 9.89. The van der Waals surface area contributed by atoms with E-state index >= 15 is 0 Å². The molecule has 152 valence electrons. The number of halogens is 1. The van der Waals surface area contributed by atoms with Gasteiger partial charge in [0.2, 0.25) is 0 Å². The molecule has 9 heteroatoms. The average molecular weight is 415 g/mol. The Labute approximate surface area is 168 Å². The minimum atomic E-state index is -3.17. The Morgan fingerprint density at radius 1 is 1.21 bits per heavy atom. The van der Waals surface area contributed by atoms with E-state index in [4.69, 9.17) is 0 Å². The van der Waals surface area contributed by atoms with Crippen LogP contribution in [0.5, 0.6) is 0 Å². The summed E-state index contributed by atoms with van der Waals surface area (Å²) in [4.78, 5) is 8.46. The van der Waals surface area contributed by atoms with Crippen LogP contribution < -0.4 is 5.32 Å². The van der Waals surface area contributed by atoms with Crippen LogP contribution in [-0.2, 0) is 28.6 Å². The molecule has 3 aromatic rings. The third-order valence-electron chi connectivity index (χ3n) is 4.82. The van der Waals surface area contributed by atoms with E-state index in [0.717, 1.165) is 30.4 Å². The fourth-order valence-corrected chi connectivity index (χ4v) is 4.46. The molecule has 0 bridgehead atoms. The topological polar surface area (TPSA) is 89.8 Å². The van der Waals surface area contributed by atoms with Gasteiger partial charge in [0.05, 0.1) is 18.1 Å². The molecule has 0 amide bonds. The molecule has 0 unspecified atom stereocenters. The van der Waals surface area contributed by atoms with Crippen LogP contribution in [0.2, 0.25) is 0 Å². The number of pyridine rings is 2. The van der Waals surface area contributed by atoms with Gasteiger partial charge in [-0.1, -0.05) is 13.8 Å². The van der Waals surface area contributed by atoms with Crippen LogP contribution in [0.1, 0.15) is 25.1 Å². The molecule has 0 atom stereocenters. The van der Waals surface area contributed by atoms with Crippen LogP contribution in [0.4, 0.5) is 16.0 Å². The SMILES string of the molecule is CC1(C)Cc2c(-c3cc(F)cnc3Nc3cc(CS(C)(=O)=O)ccn3)cnn2C1. The number of hydrogen-bond donors (Lipinski definition) is 1. The van der Waals surface area contributed by atoms with Crippen LogP contribution >= 0.6 is 0 Å². The molecule has 0 radical (unpaired) electrons. The number of rotatable bonds is 5. The molecule has 7 nitrogen and oxygen atoms in total. The highest BCUT2D eigenvalue weighted by molar-refractivity contribution is 7.89. The van der Waals surface area contributed by atoms with Crippen molar-refractivity contribution < 1.29 is 12.8 Å². The molecular weight excluding hydrogens is 393 g/mol. The quantitative estimate of drug-likeness (QED) is 0.687. The van der Waals surface area contributed by atoms with Gasteiger partial charge in [-0.3, -0.25) is 4.68 Å². The number of fused-ring (bicyclic) bond motifs is 1. The molecule has 0 saturated heterocycles. The number of aromatic nitrogens is 4. The predicted molar refractivity (Wildman–Crippen MR) is 109 cm³/mol. The summed E-state index contributed by atoms with van der Waals surface area (Å²) in [7, 11) is -3.17. The number of hydrogen-bond acceptors (Lipinski definition) is 6. The molecule has 4 heterocycles. The van der Waals surface area contributed by atoms with Gasteiger partial charge in [0.1, 0.15) is 17.5 Å². The van der Waals surface area contributed by atoms with E-state index in [1.54, 1.807) is 18.3 Å². The van der Waals surface area contributed by atoms with Crippen LogP contribution in [0.15, 0.2) is 36.8 Å². The second kappa shape index (κ2) is 6.91. The lowest BCUT2D eigenvalue weighted by molar-refractivity contribution is 0.347. The lowest BCUT2D eigenvalue weighted by Crippen LogP contribution is -2.12. The van der Waals surface area contributed by atoms with Gasteiger partial charge in [0, 0.05) is 35.8 Å². The number of sulfone groups is 1. The second-order valence-electron chi connectivity index (χ2n) is 8.30. The van der Waals surface area contributed by atoms with Crippen molar-refractivity contribution >= 4 is 21.5 Å². The summed E-state index contributed by atoms with van der Waals surface area (Å²) in [6.45, 7) is 5.15. The maximum Gasteiger partial charge on any atom is 0.151 e. The first kappa shape index (κ1) is 19.5. The number of nitrogens with one attached hydrogen (secondary N) is 1. The Kier molecular flexibility index (Phi) is 4.65. The minimum Gasteiger partial charge on any atom is -0.324 e. The van der Waals surface area contributed by atoms with Crippen LogP contribution in [0.25, 0.3) is 11.1 Å². The fourth-order valence-electron chi connectivity index (χ4n) is 3.67. The Hall–Kier alpha value is -2.81. The van der Waals surface area contributed by atoms with Crippen molar-refractivity contribution in [3.05, 3.63) is 53.9 Å². The van der Waals surface area contributed by atoms with Crippen molar-refractivity contribution in [3.8, 4) is 11.1 Å². The van der Waals surface area contributed by atoms with Gasteiger partial charge >= 0.3 is 0 Å². The Morgan fingerprint density at radius 2 is 2.00 bits per heavy atom. The summed E-state index contributed by atoms with van der Waals surface area (Å²) in [6, 6.07) is 4.73. The van der Waals surface area contributed by atoms with Crippen molar-refractivity contribution in [2.24, 2.45) is 5.41 Å². The number of anilines is 2. The highest BCUT2D eigenvalue weighted by Gasteiger charge is 2.32. The Bertz CT molecular complexity index is 1190. The molecule has 29 heavy (non-hydrogen) atoms. The van der Waals surface area contributed by atoms with Gasteiger partial charge in [0.15, 0.2) is 9.84 Å². The van der Waals surface area contributed by atoms with E-state index in [9.17, 15) is 12.8 Å². The molecular formula is C20H22FN5O2S. The standard InChI is InChI=1S/C20H22FN5O2S/c1-20(2)8-17-16(10-24-26(17)12-20)15-7-14(21)9-23-19(15)25-18-6-13(4-5-22-18)11-29(3,27)28/h4-7,9-10H,8,11-12H2,1-3H3,(H,22,23,25). The highest BCUT2D eigenvalue weighted by Crippen LogP contribution is 2.39. The van der Waals surface area contributed by atoms with Crippen molar-refractivity contribution in [2.45, 2.75) is 32.6 Å². The molecule has 1 aliphatic heterocycles. The first-order valence-electron chi connectivity index (χ1n) is 9.20. The maximum absolute atomic E-state index is 14.0. The van der Waals surface area contributed by atoms with Crippen LogP contribution in [0.3, 0.4) is 0 Å². The van der Waals surface area contributed by atoms with E-state index in [1.807, 2.05) is 4.68 Å². The van der Waals surface area contributed by atoms with E-state index in [0.29, 0.717) is 22.8 Å². The summed E-state index contributed by atoms with van der Waals surface area (Å²) in [5, 5.41) is 7.56.